The van der Waals surface area contributed by atoms with Gasteiger partial charge in [0.05, 0.1) is 0 Å². The van der Waals surface area contributed by atoms with Crippen molar-refractivity contribution in [2.24, 2.45) is 5.92 Å². The van der Waals surface area contributed by atoms with Crippen LogP contribution in [0.1, 0.15) is 19.8 Å². The highest BCUT2D eigenvalue weighted by molar-refractivity contribution is 4.88. The van der Waals surface area contributed by atoms with Crippen molar-refractivity contribution in [1.82, 2.24) is 0 Å². The van der Waals surface area contributed by atoms with Crippen LogP contribution in [0.5, 0.6) is 0 Å². The predicted molar refractivity (Wildman–Crippen MR) is 45.1 cm³/mol. The molecule has 2 nitrogen and oxygen atoms in total. The molecular formula is C9H12F6O2. The maximum Gasteiger partial charge on any atom is 0.411 e. The number of alkyl halides is 6. The van der Waals surface area contributed by atoms with Gasteiger partial charge in [-0.25, -0.2) is 0 Å². The van der Waals surface area contributed by atoms with Crippen LogP contribution >= 0.6 is 0 Å². The monoisotopic (exact) mass is 266 g/mol. The molecule has 1 aliphatic rings. The molecule has 1 atom stereocenters. The third kappa shape index (κ3) is 4.34. The largest absolute Gasteiger partial charge is 0.411 e. The second-order valence-electron chi connectivity index (χ2n) is 4.06. The van der Waals surface area contributed by atoms with E-state index in [2.05, 4.69) is 9.47 Å². The summed E-state index contributed by atoms with van der Waals surface area (Å²) in [5, 5.41) is 0. The van der Waals surface area contributed by atoms with Crippen LogP contribution in [-0.4, -0.2) is 31.4 Å². The lowest BCUT2D eigenvalue weighted by Gasteiger charge is -2.47. The van der Waals surface area contributed by atoms with Crippen molar-refractivity contribution >= 4 is 0 Å². The van der Waals surface area contributed by atoms with Crippen molar-refractivity contribution in [3.05, 3.63) is 0 Å². The Bertz CT molecular complexity index is 241. The molecule has 1 rings (SSSR count). The lowest BCUT2D eigenvalue weighted by Crippen LogP contribution is -2.53. The third-order valence-electron chi connectivity index (χ3n) is 2.64. The van der Waals surface area contributed by atoms with Gasteiger partial charge >= 0.3 is 12.4 Å². The van der Waals surface area contributed by atoms with E-state index in [-0.39, 0.29) is 6.42 Å². The minimum absolute atomic E-state index is 0.0420. The van der Waals surface area contributed by atoms with Gasteiger partial charge in [0.15, 0.2) is 5.79 Å². The molecule has 0 heterocycles. The smallest absolute Gasteiger partial charge is 0.340 e. The summed E-state index contributed by atoms with van der Waals surface area (Å²) in [6.45, 7) is -1.71. The predicted octanol–water partition coefficient (Wildman–Crippen LogP) is 3.27. The third-order valence-corrected chi connectivity index (χ3v) is 2.64. The quantitative estimate of drug-likeness (QED) is 0.574. The Balaban J connectivity index is 2.52. The number of rotatable bonds is 4. The van der Waals surface area contributed by atoms with E-state index in [1.165, 1.54) is 6.92 Å². The van der Waals surface area contributed by atoms with E-state index in [9.17, 15) is 26.3 Å². The van der Waals surface area contributed by atoms with Gasteiger partial charge in [0.2, 0.25) is 0 Å². The fraction of sp³-hybridized carbons (Fsp3) is 1.00. The van der Waals surface area contributed by atoms with Crippen molar-refractivity contribution in [3.63, 3.8) is 0 Å². The van der Waals surface area contributed by atoms with Gasteiger partial charge in [-0.15, -0.1) is 0 Å². The second-order valence-corrected chi connectivity index (χ2v) is 4.06. The zero-order valence-corrected chi connectivity index (χ0v) is 8.99. The topological polar surface area (TPSA) is 18.5 Å². The molecule has 0 spiro atoms. The van der Waals surface area contributed by atoms with Gasteiger partial charge in [-0.3, -0.25) is 0 Å². The van der Waals surface area contributed by atoms with E-state index >= 15 is 0 Å². The molecule has 1 saturated carbocycles. The van der Waals surface area contributed by atoms with Crippen LogP contribution in [0, 0.1) is 5.92 Å². The summed E-state index contributed by atoms with van der Waals surface area (Å²) in [5.74, 6) is -2.22. The molecule has 0 radical (unpaired) electrons. The minimum atomic E-state index is -4.58. The summed E-state index contributed by atoms with van der Waals surface area (Å²) in [4.78, 5) is 0. The molecule has 17 heavy (non-hydrogen) atoms. The van der Waals surface area contributed by atoms with Gasteiger partial charge in [-0.2, -0.15) is 26.3 Å². The van der Waals surface area contributed by atoms with E-state index in [1.54, 1.807) is 0 Å². The average Bonchev–Trinajstić information content (AvgIpc) is 2.12. The zero-order chi connectivity index (χ0) is 13.3. The molecule has 0 aliphatic heterocycles. The van der Waals surface area contributed by atoms with E-state index in [1.807, 2.05) is 0 Å². The Morgan fingerprint density at radius 1 is 1.00 bits per heavy atom. The molecule has 1 aliphatic carbocycles. The highest BCUT2D eigenvalue weighted by Gasteiger charge is 2.50. The highest BCUT2D eigenvalue weighted by Crippen LogP contribution is 2.44. The number of hydrogen-bond acceptors (Lipinski definition) is 2. The fourth-order valence-electron chi connectivity index (χ4n) is 1.55. The van der Waals surface area contributed by atoms with Gasteiger partial charge in [0.25, 0.3) is 0 Å². The summed E-state index contributed by atoms with van der Waals surface area (Å²) < 4.78 is 80.7. The SMILES string of the molecule is CC1CCC1(OCC(F)(F)F)OCC(F)(F)F. The first-order chi connectivity index (χ1) is 7.54. The molecule has 0 aromatic rings. The Hall–Kier alpha value is -0.500. The lowest BCUT2D eigenvalue weighted by atomic mass is 9.79. The van der Waals surface area contributed by atoms with E-state index in [0.717, 1.165) is 0 Å². The Morgan fingerprint density at radius 3 is 1.59 bits per heavy atom. The van der Waals surface area contributed by atoms with Crippen LogP contribution in [-0.2, 0) is 9.47 Å². The van der Waals surface area contributed by atoms with Crippen LogP contribution in [0.2, 0.25) is 0 Å². The number of halogens is 6. The highest BCUT2D eigenvalue weighted by atomic mass is 19.4. The summed E-state index contributed by atoms with van der Waals surface area (Å²) in [6, 6.07) is 0. The van der Waals surface area contributed by atoms with Gasteiger partial charge < -0.3 is 9.47 Å². The number of hydrogen-bond donors (Lipinski definition) is 0. The standard InChI is InChI=1S/C9H12F6O2/c1-6-2-3-7(6,16-4-8(10,11)12)17-5-9(13,14)15/h6H,2-5H2,1H3. The molecule has 102 valence electrons. The summed E-state index contributed by atoms with van der Waals surface area (Å²) in [6.07, 6.45) is -8.64. The molecule has 1 fully saturated rings. The molecule has 0 aromatic heterocycles. The first kappa shape index (κ1) is 14.6. The normalized spacial score (nSPS) is 24.5. The Morgan fingerprint density at radius 2 is 1.41 bits per heavy atom. The van der Waals surface area contributed by atoms with Crippen LogP contribution < -0.4 is 0 Å². The van der Waals surface area contributed by atoms with Gasteiger partial charge in [-0.05, 0) is 6.42 Å². The van der Waals surface area contributed by atoms with Crippen molar-refractivity contribution < 1.29 is 35.8 Å². The van der Waals surface area contributed by atoms with Crippen molar-refractivity contribution in [3.8, 4) is 0 Å². The molecule has 0 amide bonds. The Labute approximate surface area is 93.9 Å². The fourth-order valence-corrected chi connectivity index (χ4v) is 1.55. The molecule has 8 heteroatoms. The second kappa shape index (κ2) is 4.64. The van der Waals surface area contributed by atoms with E-state index in [4.69, 9.17) is 0 Å². The van der Waals surface area contributed by atoms with Crippen molar-refractivity contribution in [1.29, 1.82) is 0 Å². The van der Waals surface area contributed by atoms with Gasteiger partial charge in [0.1, 0.15) is 13.2 Å². The summed E-state index contributed by atoms with van der Waals surface area (Å²) in [7, 11) is 0. The molecule has 0 bridgehead atoms. The molecule has 0 aromatic carbocycles. The Kier molecular flexibility index (Phi) is 3.97. The van der Waals surface area contributed by atoms with E-state index < -0.39 is 37.3 Å². The average molecular weight is 266 g/mol. The molecule has 0 N–H and O–H groups in total. The van der Waals surface area contributed by atoms with Crippen LogP contribution in [0.15, 0.2) is 0 Å². The molecule has 0 saturated heterocycles. The first-order valence-electron chi connectivity index (χ1n) is 4.95. The van der Waals surface area contributed by atoms with Crippen LogP contribution in [0.25, 0.3) is 0 Å². The van der Waals surface area contributed by atoms with Crippen molar-refractivity contribution in [2.45, 2.75) is 37.9 Å². The minimum Gasteiger partial charge on any atom is -0.340 e. The summed E-state index contributed by atoms with van der Waals surface area (Å²) in [5.41, 5.74) is 0. The van der Waals surface area contributed by atoms with Crippen LogP contribution in [0.3, 0.4) is 0 Å². The maximum atomic E-state index is 11.9. The maximum absolute atomic E-state index is 11.9. The first-order valence-corrected chi connectivity index (χ1v) is 4.95. The van der Waals surface area contributed by atoms with Crippen molar-refractivity contribution in [2.75, 3.05) is 13.2 Å². The van der Waals surface area contributed by atoms with Gasteiger partial charge in [0, 0.05) is 12.3 Å². The molecular weight excluding hydrogens is 254 g/mol. The van der Waals surface area contributed by atoms with E-state index in [0.29, 0.717) is 6.42 Å². The van der Waals surface area contributed by atoms with Crippen LogP contribution in [0.4, 0.5) is 26.3 Å². The number of ether oxygens (including phenoxy) is 2. The zero-order valence-electron chi connectivity index (χ0n) is 8.99. The lowest BCUT2D eigenvalue weighted by molar-refractivity contribution is -0.355. The summed E-state index contributed by atoms with van der Waals surface area (Å²) >= 11 is 0. The van der Waals surface area contributed by atoms with Gasteiger partial charge in [-0.1, -0.05) is 6.92 Å². The molecule has 1 unspecified atom stereocenters.